The topological polar surface area (TPSA) is 68.8 Å². The second kappa shape index (κ2) is 11.2. The highest BCUT2D eigenvalue weighted by Gasteiger charge is 2.33. The van der Waals surface area contributed by atoms with Crippen LogP contribution in [0.1, 0.15) is 24.1 Å². The summed E-state index contributed by atoms with van der Waals surface area (Å²) in [6.45, 7) is 6.17. The summed E-state index contributed by atoms with van der Waals surface area (Å²) in [7, 11) is 0. The maximum atomic E-state index is 13.0. The quantitative estimate of drug-likeness (QED) is 0.681. The largest absolute Gasteiger partial charge is 0.353 e. The van der Waals surface area contributed by atoms with Crippen molar-refractivity contribution in [1.29, 1.82) is 0 Å². The first-order valence-electron chi connectivity index (χ1n) is 11.6. The molecular weight excluding hydrogens is 402 g/mol. The van der Waals surface area contributed by atoms with Crippen LogP contribution >= 0.6 is 0 Å². The van der Waals surface area contributed by atoms with Gasteiger partial charge in [-0.05, 0) is 37.1 Å². The van der Waals surface area contributed by atoms with Gasteiger partial charge in [0, 0.05) is 52.0 Å². The van der Waals surface area contributed by atoms with Crippen LogP contribution in [0, 0.1) is 0 Å². The number of carbonyl (C=O) groups is 2. The van der Waals surface area contributed by atoms with Gasteiger partial charge in [0.2, 0.25) is 11.8 Å². The fourth-order valence-corrected chi connectivity index (χ4v) is 4.55. The van der Waals surface area contributed by atoms with Gasteiger partial charge in [0.25, 0.3) is 0 Å². The molecule has 2 fully saturated rings. The maximum Gasteiger partial charge on any atom is 0.237 e. The number of pyridine rings is 1. The lowest BCUT2D eigenvalue weighted by atomic mass is 10.1. The minimum absolute atomic E-state index is 0.0156. The zero-order valence-electron chi connectivity index (χ0n) is 18.7. The third-order valence-corrected chi connectivity index (χ3v) is 6.40. The minimum Gasteiger partial charge on any atom is -0.353 e. The zero-order valence-corrected chi connectivity index (χ0v) is 18.7. The van der Waals surface area contributed by atoms with Crippen LogP contribution in [0.3, 0.4) is 0 Å². The van der Waals surface area contributed by atoms with Gasteiger partial charge >= 0.3 is 0 Å². The number of aryl methyl sites for hydroxylation is 1. The highest BCUT2D eigenvalue weighted by Crippen LogP contribution is 2.15. The molecule has 0 radical (unpaired) electrons. The van der Waals surface area contributed by atoms with E-state index in [2.05, 4.69) is 44.4 Å². The molecule has 2 amide bonds. The number of aromatic nitrogens is 1. The molecule has 1 atom stereocenters. The number of rotatable bonds is 8. The van der Waals surface area contributed by atoms with Gasteiger partial charge < -0.3 is 10.2 Å². The molecule has 2 aliphatic heterocycles. The van der Waals surface area contributed by atoms with Crippen molar-refractivity contribution in [2.24, 2.45) is 0 Å². The Hall–Kier alpha value is -2.77. The van der Waals surface area contributed by atoms with E-state index in [9.17, 15) is 9.59 Å². The van der Waals surface area contributed by atoms with Crippen LogP contribution in [0.4, 0.5) is 0 Å². The fraction of sp³-hybridized carbons (Fsp3) is 0.480. The van der Waals surface area contributed by atoms with Gasteiger partial charge in [-0.1, -0.05) is 36.4 Å². The van der Waals surface area contributed by atoms with Crippen molar-refractivity contribution in [3.05, 3.63) is 66.0 Å². The van der Waals surface area contributed by atoms with Crippen LogP contribution < -0.4 is 5.32 Å². The molecule has 0 aliphatic carbocycles. The third kappa shape index (κ3) is 6.14. The molecule has 1 aromatic carbocycles. The van der Waals surface area contributed by atoms with Crippen molar-refractivity contribution in [1.82, 2.24) is 25.0 Å². The molecule has 1 aromatic heterocycles. The summed E-state index contributed by atoms with van der Waals surface area (Å²) in [5.74, 6) is 0.0655. The van der Waals surface area contributed by atoms with Crippen molar-refractivity contribution in [2.75, 3.05) is 45.8 Å². The maximum absolute atomic E-state index is 13.0. The molecule has 7 nitrogen and oxygen atoms in total. The molecule has 4 rings (SSSR count). The lowest BCUT2D eigenvalue weighted by Crippen LogP contribution is -2.57. The van der Waals surface area contributed by atoms with Crippen LogP contribution in [0.5, 0.6) is 0 Å². The van der Waals surface area contributed by atoms with Crippen LogP contribution in [-0.2, 0) is 22.6 Å². The molecule has 170 valence electrons. The molecule has 32 heavy (non-hydrogen) atoms. The number of piperazine rings is 2. The highest BCUT2D eigenvalue weighted by atomic mass is 16.2. The van der Waals surface area contributed by atoms with Crippen molar-refractivity contribution in [3.8, 4) is 0 Å². The summed E-state index contributed by atoms with van der Waals surface area (Å²) in [6, 6.07) is 16.0. The number of benzene rings is 1. The number of hydrogen-bond acceptors (Lipinski definition) is 5. The molecule has 0 unspecified atom stereocenters. The molecule has 1 N–H and O–H groups in total. The van der Waals surface area contributed by atoms with Gasteiger partial charge in [-0.3, -0.25) is 24.4 Å². The molecule has 0 bridgehead atoms. The lowest BCUT2D eigenvalue weighted by molar-refractivity contribution is -0.140. The summed E-state index contributed by atoms with van der Waals surface area (Å²) in [5.41, 5.74) is 2.36. The Bertz CT molecular complexity index is 868. The van der Waals surface area contributed by atoms with Gasteiger partial charge in [0.15, 0.2) is 0 Å². The van der Waals surface area contributed by atoms with Crippen molar-refractivity contribution < 1.29 is 9.59 Å². The van der Waals surface area contributed by atoms with Crippen LogP contribution in [-0.4, -0.2) is 83.4 Å². The number of amides is 2. The monoisotopic (exact) mass is 435 g/mol. The van der Waals surface area contributed by atoms with Gasteiger partial charge in [-0.2, -0.15) is 0 Å². The smallest absolute Gasteiger partial charge is 0.237 e. The highest BCUT2D eigenvalue weighted by molar-refractivity contribution is 5.88. The second-order valence-electron chi connectivity index (χ2n) is 8.61. The van der Waals surface area contributed by atoms with Crippen molar-refractivity contribution in [3.63, 3.8) is 0 Å². The molecule has 2 aliphatic rings. The van der Waals surface area contributed by atoms with Gasteiger partial charge in [-0.25, -0.2) is 0 Å². The first-order chi connectivity index (χ1) is 15.7. The first kappa shape index (κ1) is 22.4. The van der Waals surface area contributed by atoms with Crippen molar-refractivity contribution in [2.45, 2.75) is 31.8 Å². The molecule has 7 heteroatoms. The first-order valence-corrected chi connectivity index (χ1v) is 11.6. The summed E-state index contributed by atoms with van der Waals surface area (Å²) in [4.78, 5) is 36.4. The molecule has 3 heterocycles. The minimum atomic E-state index is -0.362. The summed E-state index contributed by atoms with van der Waals surface area (Å²) in [5, 5.41) is 2.95. The number of hydrogen-bond donors (Lipinski definition) is 1. The number of nitrogens with one attached hydrogen (secondary N) is 1. The molecule has 0 saturated carbocycles. The Balaban J connectivity index is 1.25. The summed E-state index contributed by atoms with van der Waals surface area (Å²) >= 11 is 0. The Morgan fingerprint density at radius 2 is 1.78 bits per heavy atom. The van der Waals surface area contributed by atoms with Gasteiger partial charge in [0.05, 0.1) is 18.2 Å². The standard InChI is InChI=1S/C25H33N5O2/c31-24(30-17-15-28(16-18-30)20-22-10-4-5-11-26-22)19-23-25(32)27-12-14-29(23)13-6-9-21-7-2-1-3-8-21/h1-5,7-8,10-11,23H,6,9,12-20H2,(H,27,32)/t23-/m1/s1. The average Bonchev–Trinajstić information content (AvgIpc) is 2.83. The lowest BCUT2D eigenvalue weighted by Gasteiger charge is -2.38. The van der Waals surface area contributed by atoms with Gasteiger partial charge in [-0.15, -0.1) is 0 Å². The summed E-state index contributed by atoms with van der Waals surface area (Å²) in [6.07, 6.45) is 4.04. The summed E-state index contributed by atoms with van der Waals surface area (Å²) < 4.78 is 0. The average molecular weight is 436 g/mol. The Morgan fingerprint density at radius 3 is 2.53 bits per heavy atom. The fourth-order valence-electron chi connectivity index (χ4n) is 4.55. The van der Waals surface area contributed by atoms with Crippen LogP contribution in [0.25, 0.3) is 0 Å². The number of carbonyl (C=O) groups excluding carboxylic acids is 2. The van der Waals surface area contributed by atoms with E-state index in [1.165, 1.54) is 5.56 Å². The molecule has 2 aromatic rings. The van der Waals surface area contributed by atoms with E-state index in [0.717, 1.165) is 51.3 Å². The van der Waals surface area contributed by atoms with E-state index in [1.54, 1.807) is 0 Å². The van der Waals surface area contributed by atoms with E-state index in [1.807, 2.05) is 35.4 Å². The Morgan fingerprint density at radius 1 is 1.00 bits per heavy atom. The van der Waals surface area contributed by atoms with Crippen molar-refractivity contribution >= 4 is 11.8 Å². The van der Waals surface area contributed by atoms with Crippen LogP contribution in [0.15, 0.2) is 54.7 Å². The van der Waals surface area contributed by atoms with E-state index >= 15 is 0 Å². The number of nitrogens with zero attached hydrogens (tertiary/aromatic N) is 4. The predicted octanol–water partition coefficient (Wildman–Crippen LogP) is 1.55. The molecular formula is C25H33N5O2. The second-order valence-corrected chi connectivity index (χ2v) is 8.61. The normalized spacial score (nSPS) is 20.2. The van der Waals surface area contributed by atoms with Gasteiger partial charge in [0.1, 0.15) is 0 Å². The Kier molecular flexibility index (Phi) is 7.85. The Labute approximate surface area is 190 Å². The predicted molar refractivity (Wildman–Crippen MR) is 124 cm³/mol. The van der Waals surface area contributed by atoms with E-state index in [0.29, 0.717) is 19.6 Å². The third-order valence-electron chi connectivity index (χ3n) is 6.40. The van der Waals surface area contributed by atoms with E-state index in [-0.39, 0.29) is 24.3 Å². The van der Waals surface area contributed by atoms with E-state index in [4.69, 9.17) is 0 Å². The zero-order chi connectivity index (χ0) is 22.2. The van der Waals surface area contributed by atoms with Crippen LogP contribution in [0.2, 0.25) is 0 Å². The SMILES string of the molecule is O=C1NCCN(CCCc2ccccc2)[C@@H]1CC(=O)N1CCN(Cc2ccccn2)CC1. The molecule has 0 spiro atoms. The molecule has 2 saturated heterocycles. The van der Waals surface area contributed by atoms with E-state index < -0.39 is 0 Å².